The molecule has 0 aromatic heterocycles. The third-order valence-corrected chi connectivity index (χ3v) is 6.61. The molecule has 1 aromatic carbocycles. The number of aliphatic carboxylic acids is 1. The fourth-order valence-corrected chi connectivity index (χ4v) is 5.11. The van der Waals surface area contributed by atoms with Gasteiger partial charge >= 0.3 is 12.0 Å². The lowest BCUT2D eigenvalue weighted by Gasteiger charge is -2.51. The molecule has 6 nitrogen and oxygen atoms in total. The SMILES string of the molecule is CC(C)CN1C(=O)N(CC(=O)O)C[C@]12CC[C@](c1ccccc1)(N(C)C)CC2. The average Bonchev–Trinajstić information content (AvgIpc) is 2.88. The molecule has 2 aliphatic rings. The molecule has 3 rings (SSSR count). The second-order valence-corrected chi connectivity index (χ2v) is 9.05. The van der Waals surface area contributed by atoms with Crippen molar-refractivity contribution >= 4 is 12.0 Å². The van der Waals surface area contributed by atoms with Crippen molar-refractivity contribution in [3.63, 3.8) is 0 Å². The number of hydrogen-bond acceptors (Lipinski definition) is 3. The molecule has 6 heteroatoms. The Labute approximate surface area is 168 Å². The molecule has 1 saturated heterocycles. The first-order valence-corrected chi connectivity index (χ1v) is 10.2. The Kier molecular flexibility index (Phi) is 5.71. The van der Waals surface area contributed by atoms with Crippen LogP contribution in [0, 0.1) is 5.92 Å². The normalized spacial score (nSPS) is 28.0. The van der Waals surface area contributed by atoms with Gasteiger partial charge in [0.25, 0.3) is 0 Å². The fourth-order valence-electron chi connectivity index (χ4n) is 5.11. The number of rotatable bonds is 6. The minimum atomic E-state index is -0.947. The first-order chi connectivity index (χ1) is 13.2. The summed E-state index contributed by atoms with van der Waals surface area (Å²) in [6.45, 7) is 5.20. The molecule has 28 heavy (non-hydrogen) atoms. The van der Waals surface area contributed by atoms with Crippen LogP contribution in [0.3, 0.4) is 0 Å². The highest BCUT2D eigenvalue weighted by atomic mass is 16.4. The maximum Gasteiger partial charge on any atom is 0.323 e. The maximum absolute atomic E-state index is 13.0. The van der Waals surface area contributed by atoms with Gasteiger partial charge in [-0.15, -0.1) is 0 Å². The molecule has 1 aliphatic heterocycles. The number of carboxylic acid groups (broad SMARTS) is 1. The summed E-state index contributed by atoms with van der Waals surface area (Å²) in [6.07, 6.45) is 3.67. The number of carbonyl (C=O) groups is 2. The van der Waals surface area contributed by atoms with Gasteiger partial charge in [-0.25, -0.2) is 4.79 Å². The zero-order chi connectivity index (χ0) is 20.5. The summed E-state index contributed by atoms with van der Waals surface area (Å²) in [5.41, 5.74) is 1.02. The van der Waals surface area contributed by atoms with E-state index in [9.17, 15) is 14.7 Å². The van der Waals surface area contributed by atoms with Crippen LogP contribution in [-0.4, -0.2) is 71.1 Å². The van der Waals surface area contributed by atoms with Crippen molar-refractivity contribution in [2.24, 2.45) is 5.92 Å². The van der Waals surface area contributed by atoms with Crippen LogP contribution in [0.15, 0.2) is 30.3 Å². The number of carbonyl (C=O) groups excluding carboxylic acids is 1. The van der Waals surface area contributed by atoms with Gasteiger partial charge in [0, 0.05) is 18.6 Å². The van der Waals surface area contributed by atoms with E-state index in [-0.39, 0.29) is 23.7 Å². The predicted molar refractivity (Wildman–Crippen MR) is 109 cm³/mol. The van der Waals surface area contributed by atoms with E-state index in [0.717, 1.165) is 25.7 Å². The first-order valence-electron chi connectivity index (χ1n) is 10.2. The van der Waals surface area contributed by atoms with E-state index in [1.165, 1.54) is 10.5 Å². The molecule has 1 saturated carbocycles. The molecule has 0 radical (unpaired) electrons. The number of amides is 2. The van der Waals surface area contributed by atoms with E-state index in [0.29, 0.717) is 19.0 Å². The van der Waals surface area contributed by atoms with Crippen molar-refractivity contribution in [1.29, 1.82) is 0 Å². The lowest BCUT2D eigenvalue weighted by atomic mass is 9.68. The number of nitrogens with zero attached hydrogens (tertiary/aromatic N) is 3. The molecule has 0 atom stereocenters. The Morgan fingerprint density at radius 2 is 1.75 bits per heavy atom. The second-order valence-electron chi connectivity index (χ2n) is 9.05. The molecule has 1 heterocycles. The minimum absolute atomic E-state index is 0.0424. The molecule has 1 aliphatic carbocycles. The lowest BCUT2D eigenvalue weighted by Crippen LogP contribution is -2.56. The van der Waals surface area contributed by atoms with E-state index in [1.807, 2.05) is 11.0 Å². The molecular weight excluding hydrogens is 354 g/mol. The van der Waals surface area contributed by atoms with Gasteiger partial charge in [-0.1, -0.05) is 44.2 Å². The van der Waals surface area contributed by atoms with Crippen LogP contribution in [0.4, 0.5) is 4.79 Å². The molecule has 154 valence electrons. The second kappa shape index (κ2) is 7.74. The summed E-state index contributed by atoms with van der Waals surface area (Å²) in [5, 5.41) is 9.23. The van der Waals surface area contributed by atoms with Gasteiger partial charge in [-0.3, -0.25) is 9.69 Å². The van der Waals surface area contributed by atoms with Crippen molar-refractivity contribution in [3.8, 4) is 0 Å². The van der Waals surface area contributed by atoms with Crippen LogP contribution in [-0.2, 0) is 10.3 Å². The van der Waals surface area contributed by atoms with E-state index in [2.05, 4.69) is 57.1 Å². The van der Waals surface area contributed by atoms with Crippen molar-refractivity contribution < 1.29 is 14.7 Å². The van der Waals surface area contributed by atoms with Crippen molar-refractivity contribution in [3.05, 3.63) is 35.9 Å². The van der Waals surface area contributed by atoms with Crippen LogP contribution in [0.2, 0.25) is 0 Å². The minimum Gasteiger partial charge on any atom is -0.480 e. The molecule has 1 aromatic rings. The Balaban J connectivity index is 1.88. The number of benzene rings is 1. The van der Waals surface area contributed by atoms with Gasteiger partial charge < -0.3 is 14.9 Å². The highest BCUT2D eigenvalue weighted by molar-refractivity contribution is 5.83. The van der Waals surface area contributed by atoms with Crippen LogP contribution in [0.25, 0.3) is 0 Å². The molecule has 1 N–H and O–H groups in total. The van der Waals surface area contributed by atoms with Crippen molar-refractivity contribution in [2.75, 3.05) is 33.7 Å². The van der Waals surface area contributed by atoms with Gasteiger partial charge in [0.05, 0.1) is 5.54 Å². The number of hydrogen-bond donors (Lipinski definition) is 1. The predicted octanol–water partition coefficient (Wildman–Crippen LogP) is 3.23. The van der Waals surface area contributed by atoms with Crippen LogP contribution < -0.4 is 0 Å². The van der Waals surface area contributed by atoms with E-state index >= 15 is 0 Å². The summed E-state index contributed by atoms with van der Waals surface area (Å²) in [5.74, 6) is -0.599. The van der Waals surface area contributed by atoms with Gasteiger partial charge in [-0.05, 0) is 51.3 Å². The quantitative estimate of drug-likeness (QED) is 0.814. The van der Waals surface area contributed by atoms with Gasteiger partial charge in [0.15, 0.2) is 0 Å². The molecule has 0 bridgehead atoms. The first kappa shape index (κ1) is 20.6. The Bertz CT molecular complexity index is 709. The van der Waals surface area contributed by atoms with E-state index in [1.54, 1.807) is 0 Å². The highest BCUT2D eigenvalue weighted by Crippen LogP contribution is 2.49. The lowest BCUT2D eigenvalue weighted by molar-refractivity contribution is -0.137. The smallest absolute Gasteiger partial charge is 0.323 e. The van der Waals surface area contributed by atoms with Crippen LogP contribution in [0.1, 0.15) is 45.1 Å². The summed E-state index contributed by atoms with van der Waals surface area (Å²) in [4.78, 5) is 30.1. The van der Waals surface area contributed by atoms with Crippen LogP contribution >= 0.6 is 0 Å². The third-order valence-electron chi connectivity index (χ3n) is 6.61. The standard InChI is InChI=1S/C22H33N3O3/c1-17(2)14-25-20(28)24(15-19(26)27)16-21(25)10-12-22(13-11-21,23(3)4)18-8-6-5-7-9-18/h5-9,17H,10-16H2,1-4H3,(H,26,27)/t21-,22+. The molecule has 2 amide bonds. The molecule has 0 unspecified atom stereocenters. The zero-order valence-electron chi connectivity index (χ0n) is 17.5. The molecule has 1 spiro atoms. The highest BCUT2D eigenvalue weighted by Gasteiger charge is 2.54. The van der Waals surface area contributed by atoms with Gasteiger partial charge in [0.1, 0.15) is 6.54 Å². The van der Waals surface area contributed by atoms with Crippen molar-refractivity contribution in [2.45, 2.75) is 50.6 Å². The Hall–Kier alpha value is -2.08. The largest absolute Gasteiger partial charge is 0.480 e. The van der Waals surface area contributed by atoms with E-state index in [4.69, 9.17) is 0 Å². The molecular formula is C22H33N3O3. The van der Waals surface area contributed by atoms with Crippen LogP contribution in [0.5, 0.6) is 0 Å². The number of urea groups is 1. The monoisotopic (exact) mass is 387 g/mol. The molecule has 2 fully saturated rings. The summed E-state index contributed by atoms with van der Waals surface area (Å²) in [6, 6.07) is 10.5. The maximum atomic E-state index is 13.0. The zero-order valence-corrected chi connectivity index (χ0v) is 17.5. The number of carboxylic acids is 1. The van der Waals surface area contributed by atoms with Gasteiger partial charge in [0.2, 0.25) is 0 Å². The Morgan fingerprint density at radius 3 is 2.25 bits per heavy atom. The summed E-state index contributed by atoms with van der Waals surface area (Å²) in [7, 11) is 4.26. The average molecular weight is 388 g/mol. The van der Waals surface area contributed by atoms with E-state index < -0.39 is 5.97 Å². The fraction of sp³-hybridized carbons (Fsp3) is 0.636. The van der Waals surface area contributed by atoms with Gasteiger partial charge in [-0.2, -0.15) is 0 Å². The van der Waals surface area contributed by atoms with Crippen molar-refractivity contribution in [1.82, 2.24) is 14.7 Å². The third kappa shape index (κ3) is 3.62. The topological polar surface area (TPSA) is 64.1 Å². The summed E-state index contributed by atoms with van der Waals surface area (Å²) >= 11 is 0. The Morgan fingerprint density at radius 1 is 1.14 bits per heavy atom. The summed E-state index contributed by atoms with van der Waals surface area (Å²) < 4.78 is 0.